The maximum atomic E-state index is 5.80. The number of hydrogen-bond donors (Lipinski definition) is 2. The van der Waals surface area contributed by atoms with Crippen molar-refractivity contribution in [2.45, 2.75) is 39.0 Å². The van der Waals surface area contributed by atoms with Crippen molar-refractivity contribution in [2.75, 3.05) is 11.5 Å². The zero-order valence-electron chi connectivity index (χ0n) is 9.30. The van der Waals surface area contributed by atoms with Gasteiger partial charge in [0, 0.05) is 0 Å². The second-order valence-corrected chi connectivity index (χ2v) is 4.11. The molecule has 0 saturated heterocycles. The average molecular weight is 192 g/mol. The quantitative estimate of drug-likeness (QED) is 0.723. The van der Waals surface area contributed by atoms with E-state index < -0.39 is 0 Å². The molecule has 0 amide bonds. The van der Waals surface area contributed by atoms with Gasteiger partial charge in [-0.1, -0.05) is 26.8 Å². The van der Waals surface area contributed by atoms with Crippen LogP contribution in [0.5, 0.6) is 0 Å². The summed E-state index contributed by atoms with van der Waals surface area (Å²) in [6, 6.07) is 5.98. The molecule has 1 aromatic carbocycles. The second-order valence-electron chi connectivity index (χ2n) is 4.11. The summed E-state index contributed by atoms with van der Waals surface area (Å²) in [5.41, 5.74) is 14.4. The van der Waals surface area contributed by atoms with Gasteiger partial charge >= 0.3 is 0 Å². The molecule has 0 heterocycles. The second kappa shape index (κ2) is 3.91. The lowest BCUT2D eigenvalue weighted by atomic mass is 9.78. The van der Waals surface area contributed by atoms with E-state index >= 15 is 0 Å². The summed E-state index contributed by atoms with van der Waals surface area (Å²) in [4.78, 5) is 0. The lowest BCUT2D eigenvalue weighted by molar-refractivity contribution is 0.439. The van der Waals surface area contributed by atoms with Crippen molar-refractivity contribution in [3.8, 4) is 0 Å². The lowest BCUT2D eigenvalue weighted by Gasteiger charge is -2.27. The smallest absolute Gasteiger partial charge is 0.0550 e. The van der Waals surface area contributed by atoms with E-state index in [1.807, 2.05) is 12.1 Å². The topological polar surface area (TPSA) is 52.0 Å². The monoisotopic (exact) mass is 192 g/mol. The fourth-order valence-corrected chi connectivity index (χ4v) is 1.61. The van der Waals surface area contributed by atoms with Gasteiger partial charge in [0.2, 0.25) is 0 Å². The molecular weight excluding hydrogens is 172 g/mol. The van der Waals surface area contributed by atoms with E-state index in [0.29, 0.717) is 11.4 Å². The van der Waals surface area contributed by atoms with E-state index in [-0.39, 0.29) is 5.41 Å². The van der Waals surface area contributed by atoms with Crippen LogP contribution in [0.4, 0.5) is 11.4 Å². The SMILES string of the molecule is CCC(C)(CC)c1ccc(N)c(N)c1. The van der Waals surface area contributed by atoms with Gasteiger partial charge < -0.3 is 11.5 Å². The van der Waals surface area contributed by atoms with Crippen molar-refractivity contribution in [3.05, 3.63) is 23.8 Å². The predicted octanol–water partition coefficient (Wildman–Crippen LogP) is 2.93. The highest BCUT2D eigenvalue weighted by Gasteiger charge is 2.22. The minimum Gasteiger partial charge on any atom is -0.397 e. The Bertz CT molecular complexity index is 314. The summed E-state index contributed by atoms with van der Waals surface area (Å²) < 4.78 is 0. The molecule has 1 rings (SSSR count). The summed E-state index contributed by atoms with van der Waals surface area (Å²) in [6.45, 7) is 6.67. The average Bonchev–Trinajstić information content (AvgIpc) is 2.21. The molecule has 0 bridgehead atoms. The molecule has 0 aliphatic rings. The highest BCUT2D eigenvalue weighted by Crippen LogP contribution is 2.33. The summed E-state index contributed by atoms with van der Waals surface area (Å²) in [7, 11) is 0. The van der Waals surface area contributed by atoms with E-state index in [1.165, 1.54) is 5.56 Å². The number of hydrogen-bond acceptors (Lipinski definition) is 2. The maximum absolute atomic E-state index is 5.80. The molecule has 0 fully saturated rings. The molecule has 2 nitrogen and oxygen atoms in total. The van der Waals surface area contributed by atoms with Crippen molar-refractivity contribution >= 4 is 11.4 Å². The minimum absolute atomic E-state index is 0.224. The fourth-order valence-electron chi connectivity index (χ4n) is 1.61. The summed E-state index contributed by atoms with van der Waals surface area (Å²) in [5, 5.41) is 0. The minimum atomic E-state index is 0.224. The van der Waals surface area contributed by atoms with Gasteiger partial charge in [0.05, 0.1) is 11.4 Å². The van der Waals surface area contributed by atoms with Crippen LogP contribution < -0.4 is 11.5 Å². The van der Waals surface area contributed by atoms with Gasteiger partial charge in [0.25, 0.3) is 0 Å². The molecule has 4 N–H and O–H groups in total. The van der Waals surface area contributed by atoms with E-state index in [1.54, 1.807) is 0 Å². The van der Waals surface area contributed by atoms with Crippen molar-refractivity contribution in [3.63, 3.8) is 0 Å². The highest BCUT2D eigenvalue weighted by molar-refractivity contribution is 5.64. The van der Waals surface area contributed by atoms with Crippen LogP contribution in [0.15, 0.2) is 18.2 Å². The molecule has 2 heteroatoms. The molecule has 0 radical (unpaired) electrons. The lowest BCUT2D eigenvalue weighted by Crippen LogP contribution is -2.19. The van der Waals surface area contributed by atoms with Crippen molar-refractivity contribution in [1.82, 2.24) is 0 Å². The number of nitrogen functional groups attached to an aromatic ring is 2. The third-order valence-corrected chi connectivity index (χ3v) is 3.34. The van der Waals surface area contributed by atoms with Crippen LogP contribution in [-0.2, 0) is 5.41 Å². The molecule has 1 aromatic rings. The molecule has 78 valence electrons. The Kier molecular flexibility index (Phi) is 3.04. The van der Waals surface area contributed by atoms with E-state index in [9.17, 15) is 0 Å². The zero-order chi connectivity index (χ0) is 10.8. The molecule has 0 unspecified atom stereocenters. The van der Waals surface area contributed by atoms with Gasteiger partial charge in [-0.25, -0.2) is 0 Å². The predicted molar refractivity (Wildman–Crippen MR) is 63.2 cm³/mol. The first kappa shape index (κ1) is 10.9. The Morgan fingerprint density at radius 1 is 1.07 bits per heavy atom. The largest absolute Gasteiger partial charge is 0.397 e. The molecule has 0 aliphatic heterocycles. The van der Waals surface area contributed by atoms with Crippen LogP contribution in [0.2, 0.25) is 0 Å². The van der Waals surface area contributed by atoms with E-state index in [0.717, 1.165) is 12.8 Å². The highest BCUT2D eigenvalue weighted by atomic mass is 14.7. The van der Waals surface area contributed by atoms with Gasteiger partial charge in [-0.2, -0.15) is 0 Å². The van der Waals surface area contributed by atoms with Gasteiger partial charge in [-0.15, -0.1) is 0 Å². The first-order valence-electron chi connectivity index (χ1n) is 5.19. The van der Waals surface area contributed by atoms with Crippen LogP contribution in [-0.4, -0.2) is 0 Å². The van der Waals surface area contributed by atoms with Gasteiger partial charge in [0.1, 0.15) is 0 Å². The Balaban J connectivity index is 3.12. The summed E-state index contributed by atoms with van der Waals surface area (Å²) in [5.74, 6) is 0. The Labute approximate surface area is 86.3 Å². The van der Waals surface area contributed by atoms with Crippen LogP contribution >= 0.6 is 0 Å². The Morgan fingerprint density at radius 2 is 1.64 bits per heavy atom. The number of anilines is 2. The van der Waals surface area contributed by atoms with Gasteiger partial charge in [-0.05, 0) is 36.0 Å². The standard InChI is InChI=1S/C12H20N2/c1-4-12(3,5-2)9-6-7-10(13)11(14)8-9/h6-8H,4-5,13-14H2,1-3H3. The molecule has 0 aliphatic carbocycles. The molecule has 0 spiro atoms. The normalized spacial score (nSPS) is 11.6. The third-order valence-electron chi connectivity index (χ3n) is 3.34. The molecular formula is C12H20N2. The van der Waals surface area contributed by atoms with Crippen LogP contribution in [0, 0.1) is 0 Å². The van der Waals surface area contributed by atoms with Crippen LogP contribution in [0.3, 0.4) is 0 Å². The fraction of sp³-hybridized carbons (Fsp3) is 0.500. The van der Waals surface area contributed by atoms with Gasteiger partial charge in [0.15, 0.2) is 0 Å². The molecule has 0 saturated carbocycles. The molecule has 0 aromatic heterocycles. The first-order chi connectivity index (χ1) is 6.53. The van der Waals surface area contributed by atoms with Crippen molar-refractivity contribution in [1.29, 1.82) is 0 Å². The third kappa shape index (κ3) is 1.84. The first-order valence-corrected chi connectivity index (χ1v) is 5.19. The van der Waals surface area contributed by atoms with Crippen LogP contribution in [0.25, 0.3) is 0 Å². The number of nitrogens with two attached hydrogens (primary N) is 2. The zero-order valence-corrected chi connectivity index (χ0v) is 9.30. The Morgan fingerprint density at radius 3 is 2.07 bits per heavy atom. The van der Waals surface area contributed by atoms with Crippen molar-refractivity contribution in [2.24, 2.45) is 0 Å². The number of benzene rings is 1. The summed E-state index contributed by atoms with van der Waals surface area (Å²) in [6.07, 6.45) is 2.24. The van der Waals surface area contributed by atoms with Crippen LogP contribution in [0.1, 0.15) is 39.2 Å². The van der Waals surface area contributed by atoms with Gasteiger partial charge in [-0.3, -0.25) is 0 Å². The maximum Gasteiger partial charge on any atom is 0.0550 e. The molecule has 14 heavy (non-hydrogen) atoms. The van der Waals surface area contributed by atoms with E-state index in [2.05, 4.69) is 26.8 Å². The Hall–Kier alpha value is -1.18. The van der Waals surface area contributed by atoms with Crippen molar-refractivity contribution < 1.29 is 0 Å². The van der Waals surface area contributed by atoms with E-state index in [4.69, 9.17) is 11.5 Å². The summed E-state index contributed by atoms with van der Waals surface area (Å²) >= 11 is 0. The number of rotatable bonds is 3. The molecule has 0 atom stereocenters.